The lowest BCUT2D eigenvalue weighted by Gasteiger charge is -2.53. The van der Waals surface area contributed by atoms with Crippen molar-refractivity contribution in [3.63, 3.8) is 0 Å². The minimum atomic E-state index is 0.000697. The van der Waals surface area contributed by atoms with E-state index in [-0.39, 0.29) is 34.8 Å². The first kappa shape index (κ1) is 21.5. The number of hydrogen-bond donors (Lipinski definition) is 1. The van der Waals surface area contributed by atoms with Crippen LogP contribution in [0.5, 0.6) is 11.5 Å². The number of hydrogen-bond acceptors (Lipinski definition) is 4. The van der Waals surface area contributed by atoms with Gasteiger partial charge in [0.25, 0.3) is 0 Å². The van der Waals surface area contributed by atoms with Crippen molar-refractivity contribution in [2.24, 2.45) is 28.6 Å². The van der Waals surface area contributed by atoms with Crippen molar-refractivity contribution in [3.8, 4) is 11.5 Å². The highest BCUT2D eigenvalue weighted by atomic mass is 16.5. The number of rotatable bonds is 6. The minimum Gasteiger partial charge on any atom is -0.493 e. The fourth-order valence-corrected chi connectivity index (χ4v) is 6.56. The Bertz CT molecular complexity index is 804. The maximum absolute atomic E-state index is 12.7. The van der Waals surface area contributed by atoms with Gasteiger partial charge in [0.05, 0.1) is 19.8 Å². The van der Waals surface area contributed by atoms with Crippen LogP contribution in [-0.4, -0.2) is 32.3 Å². The summed E-state index contributed by atoms with van der Waals surface area (Å²) >= 11 is 0. The summed E-state index contributed by atoms with van der Waals surface area (Å²) in [6.07, 6.45) is 3.39. The molecule has 1 N–H and O–H groups in total. The van der Waals surface area contributed by atoms with Crippen LogP contribution in [0, 0.1) is 28.6 Å². The van der Waals surface area contributed by atoms with E-state index >= 15 is 0 Å². The zero-order valence-corrected chi connectivity index (χ0v) is 19.3. The summed E-state index contributed by atoms with van der Waals surface area (Å²) in [5, 5.41) is 3.47. The number of methoxy groups -OCH3 is 1. The van der Waals surface area contributed by atoms with Gasteiger partial charge in [-0.25, -0.2) is 0 Å². The van der Waals surface area contributed by atoms with Gasteiger partial charge in [0.15, 0.2) is 11.5 Å². The van der Waals surface area contributed by atoms with E-state index in [1.54, 1.807) is 7.11 Å². The van der Waals surface area contributed by atoms with Crippen LogP contribution in [0.4, 0.5) is 0 Å². The number of nitrogens with one attached hydrogen (secondary N) is 1. The zero-order valence-electron chi connectivity index (χ0n) is 19.3. The number of carbonyl (C=O) groups excluding carboxylic acids is 1. The van der Waals surface area contributed by atoms with Crippen molar-refractivity contribution < 1.29 is 19.0 Å². The highest BCUT2D eigenvalue weighted by molar-refractivity contribution is 5.78. The summed E-state index contributed by atoms with van der Waals surface area (Å²) in [5.41, 5.74) is 1.37. The second-order valence-electron chi connectivity index (χ2n) is 10.3. The van der Waals surface area contributed by atoms with Gasteiger partial charge in [-0.1, -0.05) is 33.8 Å². The predicted molar refractivity (Wildman–Crippen MR) is 117 cm³/mol. The third-order valence-corrected chi connectivity index (χ3v) is 8.13. The Morgan fingerprint density at radius 2 is 2.07 bits per heavy atom. The second kappa shape index (κ2) is 7.74. The minimum absolute atomic E-state index is 0.000697. The number of carbonyl (C=O) groups is 1. The van der Waals surface area contributed by atoms with Gasteiger partial charge < -0.3 is 19.5 Å². The van der Waals surface area contributed by atoms with E-state index in [0.717, 1.165) is 36.5 Å². The lowest BCUT2D eigenvalue weighted by Crippen LogP contribution is -2.59. The molecule has 5 heteroatoms. The molecule has 30 heavy (non-hydrogen) atoms. The molecular weight excluding hydrogens is 378 g/mol. The average Bonchev–Trinajstić information content (AvgIpc) is 3.20. The van der Waals surface area contributed by atoms with Crippen LogP contribution in [0.1, 0.15) is 65.5 Å². The summed E-state index contributed by atoms with van der Waals surface area (Å²) < 4.78 is 17.7. The molecule has 2 aliphatic carbocycles. The zero-order chi connectivity index (χ0) is 21.7. The molecule has 1 aliphatic heterocycles. The molecule has 2 saturated carbocycles. The lowest BCUT2D eigenvalue weighted by atomic mass is 9.58. The van der Waals surface area contributed by atoms with E-state index in [4.69, 9.17) is 14.2 Å². The first-order valence-corrected chi connectivity index (χ1v) is 11.5. The standard InChI is InChI=1S/C25H37NO4/c1-7-29-20-12-16(8-9-19(20)28-6)21-18-13-17-14-25(18,10-11-30-21)23(24(17,4)5)26-22(27)15(2)3/h8-9,12,15,17-18,21,23H,7,10-11,13-14H2,1-6H3,(H,26,27)/t17-,18-,21-,23-,25?/m1/s1. The molecule has 0 aromatic heterocycles. The molecule has 166 valence electrons. The van der Waals surface area contributed by atoms with E-state index in [2.05, 4.69) is 31.3 Å². The average molecular weight is 416 g/mol. The summed E-state index contributed by atoms with van der Waals surface area (Å²) in [5.74, 6) is 2.70. The van der Waals surface area contributed by atoms with Crippen molar-refractivity contribution in [1.29, 1.82) is 0 Å². The molecular formula is C25H37NO4. The first-order valence-electron chi connectivity index (χ1n) is 11.5. The third kappa shape index (κ3) is 3.21. The van der Waals surface area contributed by atoms with E-state index < -0.39 is 0 Å². The summed E-state index contributed by atoms with van der Waals surface area (Å²) in [7, 11) is 1.67. The van der Waals surface area contributed by atoms with E-state index in [9.17, 15) is 4.79 Å². The normalized spacial score (nSPS) is 34.0. The topological polar surface area (TPSA) is 56.8 Å². The Labute approximate surface area is 180 Å². The van der Waals surface area contributed by atoms with Crippen LogP contribution in [0.25, 0.3) is 0 Å². The van der Waals surface area contributed by atoms with Gasteiger partial charge in [-0.3, -0.25) is 4.79 Å². The maximum atomic E-state index is 12.7. The van der Waals surface area contributed by atoms with E-state index in [0.29, 0.717) is 18.4 Å². The molecule has 5 atom stereocenters. The predicted octanol–water partition coefficient (Wildman–Crippen LogP) is 4.75. The van der Waals surface area contributed by atoms with Crippen molar-refractivity contribution in [2.45, 2.75) is 66.0 Å². The van der Waals surface area contributed by atoms with Gasteiger partial charge in [-0.15, -0.1) is 0 Å². The van der Waals surface area contributed by atoms with Crippen molar-refractivity contribution in [2.75, 3.05) is 20.3 Å². The van der Waals surface area contributed by atoms with Crippen molar-refractivity contribution in [1.82, 2.24) is 5.32 Å². The first-order chi connectivity index (χ1) is 14.2. The van der Waals surface area contributed by atoms with Crippen LogP contribution < -0.4 is 14.8 Å². The lowest BCUT2D eigenvalue weighted by molar-refractivity contribution is -0.139. The van der Waals surface area contributed by atoms with Crippen LogP contribution in [-0.2, 0) is 9.53 Å². The fourth-order valence-electron chi connectivity index (χ4n) is 6.56. The van der Waals surface area contributed by atoms with Crippen molar-refractivity contribution in [3.05, 3.63) is 23.8 Å². The molecule has 1 spiro atoms. The molecule has 1 unspecified atom stereocenters. The molecule has 0 radical (unpaired) electrons. The Morgan fingerprint density at radius 3 is 2.73 bits per heavy atom. The number of fused-ring (bicyclic) bond motifs is 1. The highest BCUT2D eigenvalue weighted by Crippen LogP contribution is 2.70. The molecule has 5 nitrogen and oxygen atoms in total. The second-order valence-corrected chi connectivity index (χ2v) is 10.3. The van der Waals surface area contributed by atoms with Gasteiger partial charge in [-0.2, -0.15) is 0 Å². The molecule has 1 heterocycles. The monoisotopic (exact) mass is 415 g/mol. The van der Waals surface area contributed by atoms with Gasteiger partial charge in [0, 0.05) is 18.6 Å². The Morgan fingerprint density at radius 1 is 1.30 bits per heavy atom. The molecule has 4 rings (SSSR count). The Hall–Kier alpha value is -1.75. The molecule has 2 bridgehead atoms. The summed E-state index contributed by atoms with van der Waals surface area (Å²) in [6.45, 7) is 12.0. The SMILES string of the molecule is CCOc1cc([C@H]2OCCC34C[C@@H](C[C@H]23)C(C)(C)[C@H]4NC(=O)C(C)C)ccc1OC. The summed E-state index contributed by atoms with van der Waals surface area (Å²) in [4.78, 5) is 12.7. The fraction of sp³-hybridized carbons (Fsp3) is 0.720. The Balaban J connectivity index is 1.68. The summed E-state index contributed by atoms with van der Waals surface area (Å²) in [6, 6.07) is 6.38. The molecule has 1 amide bonds. The quantitative estimate of drug-likeness (QED) is 0.729. The van der Waals surface area contributed by atoms with Crippen molar-refractivity contribution >= 4 is 5.91 Å². The molecule has 1 aromatic rings. The van der Waals surface area contributed by atoms with Crippen LogP contribution in [0.2, 0.25) is 0 Å². The number of benzene rings is 1. The van der Waals surface area contributed by atoms with Gasteiger partial charge in [0.1, 0.15) is 0 Å². The molecule has 1 aromatic carbocycles. The van der Waals surface area contributed by atoms with Gasteiger partial charge in [0.2, 0.25) is 5.91 Å². The maximum Gasteiger partial charge on any atom is 0.222 e. The number of ether oxygens (including phenoxy) is 3. The van der Waals surface area contributed by atoms with Crippen LogP contribution >= 0.6 is 0 Å². The molecule has 3 fully saturated rings. The molecule has 3 aliphatic rings. The molecule has 1 saturated heterocycles. The van der Waals surface area contributed by atoms with Gasteiger partial charge in [-0.05, 0) is 66.5 Å². The van der Waals surface area contributed by atoms with E-state index in [1.807, 2.05) is 26.8 Å². The Kier molecular flexibility index (Phi) is 5.54. The van der Waals surface area contributed by atoms with Gasteiger partial charge >= 0.3 is 0 Å². The van der Waals surface area contributed by atoms with Crippen LogP contribution in [0.3, 0.4) is 0 Å². The smallest absolute Gasteiger partial charge is 0.222 e. The third-order valence-electron chi connectivity index (χ3n) is 8.13. The van der Waals surface area contributed by atoms with E-state index in [1.165, 1.54) is 6.42 Å². The largest absolute Gasteiger partial charge is 0.493 e. The number of amides is 1. The van der Waals surface area contributed by atoms with Crippen LogP contribution in [0.15, 0.2) is 18.2 Å². The highest BCUT2D eigenvalue weighted by Gasteiger charge is 2.68.